The monoisotopic (exact) mass is 452 g/mol. The van der Waals surface area contributed by atoms with Crippen LogP contribution < -0.4 is 20.8 Å². The lowest BCUT2D eigenvalue weighted by Crippen LogP contribution is -2.32. The quantitative estimate of drug-likeness (QED) is 0.229. The number of amides is 1. The van der Waals surface area contributed by atoms with Gasteiger partial charge < -0.3 is 20.7 Å². The topological polar surface area (TPSA) is 212 Å². The highest BCUT2D eigenvalue weighted by molar-refractivity contribution is 8.00. The Labute approximate surface area is 183 Å². The van der Waals surface area contributed by atoms with E-state index >= 15 is 0 Å². The van der Waals surface area contributed by atoms with Crippen molar-refractivity contribution in [3.8, 4) is 29.3 Å². The van der Waals surface area contributed by atoms with Gasteiger partial charge in [0.15, 0.2) is 13.0 Å². The fraction of sp³-hybridized carbons (Fsp3) is 0.111. The minimum Gasteiger partial charge on any atom is -0.539 e. The minimum atomic E-state index is -0.877. The maximum atomic E-state index is 12.3. The molecule has 0 aliphatic rings. The lowest BCUT2D eigenvalue weighted by Gasteiger charge is -2.11. The van der Waals surface area contributed by atoms with Gasteiger partial charge in [-0.25, -0.2) is 4.98 Å². The van der Waals surface area contributed by atoms with Crippen LogP contribution in [0.1, 0.15) is 11.1 Å². The van der Waals surface area contributed by atoms with Gasteiger partial charge in [-0.05, 0) is 12.1 Å². The number of nitrogen functional groups attached to an aromatic ring is 1. The van der Waals surface area contributed by atoms with E-state index in [0.29, 0.717) is 5.69 Å². The van der Waals surface area contributed by atoms with Crippen molar-refractivity contribution in [1.82, 2.24) is 10.3 Å². The molecule has 3 aromatic rings. The fourth-order valence-electron chi connectivity index (χ4n) is 2.72. The van der Waals surface area contributed by atoms with Crippen molar-refractivity contribution in [1.29, 1.82) is 10.5 Å². The summed E-state index contributed by atoms with van der Waals surface area (Å²) in [5.41, 5.74) is 5.48. The molecule has 0 aliphatic carbocycles. The molecule has 0 unspecified atom stereocenters. The molecule has 0 spiro atoms. The first-order chi connectivity index (χ1) is 15.3. The predicted molar refractivity (Wildman–Crippen MR) is 107 cm³/mol. The second kappa shape index (κ2) is 8.99. The summed E-state index contributed by atoms with van der Waals surface area (Å²) in [5, 5.41) is 48.0. The Bertz CT molecular complexity index is 1290. The first-order valence-electron chi connectivity index (χ1n) is 8.61. The third-order valence-corrected chi connectivity index (χ3v) is 5.09. The van der Waals surface area contributed by atoms with Crippen molar-refractivity contribution in [2.45, 2.75) is 5.03 Å². The van der Waals surface area contributed by atoms with Crippen LogP contribution in [0.4, 0.5) is 17.2 Å². The van der Waals surface area contributed by atoms with Crippen LogP contribution in [0, 0.1) is 32.8 Å². The van der Waals surface area contributed by atoms with Gasteiger partial charge in [-0.2, -0.15) is 10.5 Å². The summed E-state index contributed by atoms with van der Waals surface area (Å²) in [6.07, 6.45) is 0. The molecule has 0 saturated heterocycles. The number of rotatable bonds is 6. The Morgan fingerprint density at radius 2 is 1.97 bits per heavy atom. The molecule has 1 aromatic carbocycles. The van der Waals surface area contributed by atoms with Crippen LogP contribution in [0.2, 0.25) is 0 Å². The molecule has 0 bridgehead atoms. The van der Waals surface area contributed by atoms with Crippen LogP contribution in [0.5, 0.6) is 5.95 Å². The normalized spacial score (nSPS) is 10.2. The first kappa shape index (κ1) is 22.0. The molecular weight excluding hydrogens is 440 g/mol. The summed E-state index contributed by atoms with van der Waals surface area (Å²) >= 11 is 0.858. The number of hydrogen-bond donors (Lipinski definition) is 2. The molecule has 2 heterocycles. The standard InChI is InChI=1S/C18H12N8O5S/c1-25-15(18(28)31-24-25)14-11(6-19)16(21)23-17(12(14)7-20)32-8-13(27)22-9-2-4-10(5-3-9)26(29)30/h2-5H,8H2,1H3,(H3-,21,22,23,24,27,28). The van der Waals surface area contributed by atoms with E-state index in [9.17, 15) is 30.5 Å². The SMILES string of the molecule is C[n+]1noc([O-])c1-c1c(C#N)c(N)nc(SCC(=O)Nc2ccc([N+](=O)[O-])cc2)c1C#N. The molecule has 3 rings (SSSR count). The van der Waals surface area contributed by atoms with E-state index in [1.165, 1.54) is 31.3 Å². The van der Waals surface area contributed by atoms with Crippen molar-refractivity contribution in [2.24, 2.45) is 7.05 Å². The number of carbonyl (C=O) groups is 1. The van der Waals surface area contributed by atoms with Gasteiger partial charge >= 0.3 is 0 Å². The molecule has 2 aromatic heterocycles. The molecule has 0 fully saturated rings. The van der Waals surface area contributed by atoms with Crippen molar-refractivity contribution < 1.29 is 24.0 Å². The smallest absolute Gasteiger partial charge is 0.269 e. The lowest BCUT2D eigenvalue weighted by molar-refractivity contribution is -0.730. The van der Waals surface area contributed by atoms with Gasteiger partial charge in [0.1, 0.15) is 28.5 Å². The van der Waals surface area contributed by atoms with Gasteiger partial charge in [-0.3, -0.25) is 14.9 Å². The number of aromatic nitrogens is 3. The molecule has 14 heteroatoms. The summed E-state index contributed by atoms with van der Waals surface area (Å²) in [4.78, 5) is 26.5. The van der Waals surface area contributed by atoms with Gasteiger partial charge in [0, 0.05) is 17.8 Å². The summed E-state index contributed by atoms with van der Waals surface area (Å²) in [6.45, 7) is 0. The van der Waals surface area contributed by atoms with Gasteiger partial charge in [-0.1, -0.05) is 16.4 Å². The van der Waals surface area contributed by atoms with Gasteiger partial charge in [0.2, 0.25) is 5.91 Å². The maximum absolute atomic E-state index is 12.3. The zero-order chi connectivity index (χ0) is 23.4. The van der Waals surface area contributed by atoms with Crippen LogP contribution in [0.3, 0.4) is 0 Å². The largest absolute Gasteiger partial charge is 0.539 e. The van der Waals surface area contributed by atoms with Crippen molar-refractivity contribution >= 4 is 34.9 Å². The number of nitro groups is 1. The van der Waals surface area contributed by atoms with Crippen LogP contribution >= 0.6 is 11.8 Å². The average Bonchev–Trinajstić information content (AvgIpc) is 3.09. The lowest BCUT2D eigenvalue weighted by atomic mass is 10.0. The molecule has 0 atom stereocenters. The number of thioether (sulfide) groups is 1. The van der Waals surface area contributed by atoms with E-state index in [0.717, 1.165) is 16.4 Å². The number of anilines is 2. The Morgan fingerprint density at radius 3 is 2.50 bits per heavy atom. The summed E-state index contributed by atoms with van der Waals surface area (Å²) in [6, 6.07) is 8.94. The molecule has 13 nitrogen and oxygen atoms in total. The Kier molecular flexibility index (Phi) is 6.18. The fourth-order valence-corrected chi connectivity index (χ4v) is 3.51. The molecular formula is C18H12N8O5S. The van der Waals surface area contributed by atoms with Crippen LogP contribution in [0.25, 0.3) is 11.3 Å². The highest BCUT2D eigenvalue weighted by Crippen LogP contribution is 2.36. The van der Waals surface area contributed by atoms with Crippen molar-refractivity contribution in [3.63, 3.8) is 0 Å². The number of hydrogen-bond acceptors (Lipinski definition) is 11. The van der Waals surface area contributed by atoms with Gasteiger partial charge in [0.25, 0.3) is 11.4 Å². The number of benzene rings is 1. The second-order valence-corrected chi connectivity index (χ2v) is 7.09. The molecule has 0 aliphatic heterocycles. The number of non-ortho nitro benzene ring substituents is 1. The van der Waals surface area contributed by atoms with Crippen LogP contribution in [-0.2, 0) is 11.8 Å². The zero-order valence-corrected chi connectivity index (χ0v) is 17.0. The number of aryl methyl sites for hydroxylation is 1. The highest BCUT2D eigenvalue weighted by Gasteiger charge is 2.29. The molecule has 0 radical (unpaired) electrons. The molecule has 3 N–H and O–H groups in total. The molecule has 0 saturated carbocycles. The Morgan fingerprint density at radius 1 is 1.31 bits per heavy atom. The van der Waals surface area contributed by atoms with E-state index in [1.54, 1.807) is 0 Å². The number of nitriles is 2. The van der Waals surface area contributed by atoms with Gasteiger partial charge in [0.05, 0.1) is 27.1 Å². The second-order valence-electron chi connectivity index (χ2n) is 6.12. The number of nitrogens with two attached hydrogens (primary N) is 1. The van der Waals surface area contributed by atoms with Gasteiger partial charge in [-0.15, -0.1) is 0 Å². The molecule has 32 heavy (non-hydrogen) atoms. The minimum absolute atomic E-state index is 0.0263. The maximum Gasteiger partial charge on any atom is 0.269 e. The molecule has 160 valence electrons. The number of nitrogens with zero attached hydrogens (tertiary/aromatic N) is 6. The van der Waals surface area contributed by atoms with Crippen molar-refractivity contribution in [3.05, 3.63) is 45.5 Å². The third-order valence-electron chi connectivity index (χ3n) is 4.12. The summed E-state index contributed by atoms with van der Waals surface area (Å²) in [7, 11) is 1.39. The number of pyridine rings is 1. The third kappa shape index (κ3) is 4.25. The summed E-state index contributed by atoms with van der Waals surface area (Å²) in [5.74, 6) is -1.80. The first-order valence-corrected chi connectivity index (χ1v) is 9.59. The Balaban J connectivity index is 1.89. The highest BCUT2D eigenvalue weighted by atomic mass is 32.2. The number of nitrogens with one attached hydrogen (secondary N) is 1. The van der Waals surface area contributed by atoms with Crippen LogP contribution in [-0.4, -0.2) is 26.8 Å². The van der Waals surface area contributed by atoms with E-state index in [4.69, 9.17) is 5.73 Å². The predicted octanol–water partition coefficient (Wildman–Crippen LogP) is 0.599. The van der Waals surface area contributed by atoms with E-state index in [-0.39, 0.29) is 44.7 Å². The number of carbonyl (C=O) groups excluding carboxylic acids is 1. The van der Waals surface area contributed by atoms with E-state index in [1.807, 2.05) is 12.1 Å². The Hall–Kier alpha value is -4.69. The number of nitro benzene ring substituents is 1. The van der Waals surface area contributed by atoms with E-state index < -0.39 is 16.8 Å². The molecule has 1 amide bonds. The van der Waals surface area contributed by atoms with E-state index in [2.05, 4.69) is 20.1 Å². The average molecular weight is 452 g/mol. The van der Waals surface area contributed by atoms with Crippen LogP contribution in [0.15, 0.2) is 33.8 Å². The summed E-state index contributed by atoms with van der Waals surface area (Å²) < 4.78 is 5.64. The zero-order valence-electron chi connectivity index (χ0n) is 16.2. The van der Waals surface area contributed by atoms with Crippen molar-refractivity contribution in [2.75, 3.05) is 16.8 Å².